The topological polar surface area (TPSA) is 66.5 Å². The van der Waals surface area contributed by atoms with Gasteiger partial charge in [0.1, 0.15) is 5.82 Å². The zero-order valence-corrected chi connectivity index (χ0v) is 16.5. The Bertz CT molecular complexity index is 710. The molecule has 128 valence electrons. The van der Waals surface area contributed by atoms with Crippen molar-refractivity contribution in [2.75, 3.05) is 24.3 Å². The first-order chi connectivity index (χ1) is 11.1. The molecular weight excluding hydrogens is 413 g/mol. The standard InChI is InChI=1S/C18H23N5.HI/c1-23(2)17-9-6-13(11-20-17)12-21-18(19)22-16-8-7-14-4-3-5-15(14)10-16;/h6-11H,3-5,12H2,1-2H3,(H3,19,21,22);1H. The molecule has 0 radical (unpaired) electrons. The molecule has 0 atom stereocenters. The van der Waals surface area contributed by atoms with Gasteiger partial charge >= 0.3 is 0 Å². The molecule has 3 rings (SSSR count). The largest absolute Gasteiger partial charge is 0.370 e. The van der Waals surface area contributed by atoms with Gasteiger partial charge < -0.3 is 16.0 Å². The Balaban J connectivity index is 0.00000208. The molecule has 1 heterocycles. The molecule has 1 aliphatic carbocycles. The van der Waals surface area contributed by atoms with Crippen molar-refractivity contribution >= 4 is 41.4 Å². The van der Waals surface area contributed by atoms with Gasteiger partial charge in [0.2, 0.25) is 0 Å². The highest BCUT2D eigenvalue weighted by molar-refractivity contribution is 14.0. The Hall–Kier alpha value is -1.83. The minimum Gasteiger partial charge on any atom is -0.370 e. The predicted octanol–water partition coefficient (Wildman–Crippen LogP) is 3.18. The summed E-state index contributed by atoms with van der Waals surface area (Å²) >= 11 is 0. The summed E-state index contributed by atoms with van der Waals surface area (Å²) in [6.45, 7) is 0.518. The smallest absolute Gasteiger partial charge is 0.193 e. The molecule has 0 saturated carbocycles. The number of benzene rings is 1. The lowest BCUT2D eigenvalue weighted by atomic mass is 10.1. The van der Waals surface area contributed by atoms with Crippen LogP contribution < -0.4 is 16.0 Å². The van der Waals surface area contributed by atoms with Gasteiger partial charge in [0, 0.05) is 26.0 Å². The highest BCUT2D eigenvalue weighted by Gasteiger charge is 2.10. The summed E-state index contributed by atoms with van der Waals surface area (Å²) in [4.78, 5) is 10.7. The van der Waals surface area contributed by atoms with Crippen LogP contribution in [0.3, 0.4) is 0 Å². The van der Waals surface area contributed by atoms with Crippen molar-refractivity contribution in [1.29, 1.82) is 0 Å². The van der Waals surface area contributed by atoms with Crippen LogP contribution in [0.25, 0.3) is 0 Å². The minimum atomic E-state index is 0. The van der Waals surface area contributed by atoms with Gasteiger partial charge in [0.15, 0.2) is 5.96 Å². The molecule has 3 N–H and O–H groups in total. The normalized spacial score (nSPS) is 13.2. The highest BCUT2D eigenvalue weighted by atomic mass is 127. The number of halogens is 1. The van der Waals surface area contributed by atoms with Gasteiger partial charge in [-0.05, 0) is 54.2 Å². The second-order valence-corrected chi connectivity index (χ2v) is 6.08. The van der Waals surface area contributed by atoms with Crippen molar-refractivity contribution in [3.63, 3.8) is 0 Å². The summed E-state index contributed by atoms with van der Waals surface area (Å²) in [5.74, 6) is 1.36. The van der Waals surface area contributed by atoms with E-state index in [1.165, 1.54) is 24.0 Å². The lowest BCUT2D eigenvalue weighted by molar-refractivity contribution is 0.912. The molecule has 1 aromatic carbocycles. The third-order valence-corrected chi connectivity index (χ3v) is 4.07. The summed E-state index contributed by atoms with van der Waals surface area (Å²) in [5.41, 5.74) is 10.9. The summed E-state index contributed by atoms with van der Waals surface area (Å²) in [7, 11) is 3.94. The number of fused-ring (bicyclic) bond motifs is 1. The summed E-state index contributed by atoms with van der Waals surface area (Å²) in [6.07, 6.45) is 5.43. The third kappa shape index (κ3) is 4.59. The Morgan fingerprint density at radius 1 is 1.21 bits per heavy atom. The first-order valence-electron chi connectivity index (χ1n) is 7.93. The number of rotatable bonds is 4. The number of pyridine rings is 1. The van der Waals surface area contributed by atoms with Gasteiger partial charge in [-0.3, -0.25) is 0 Å². The van der Waals surface area contributed by atoms with Crippen molar-refractivity contribution in [2.24, 2.45) is 10.7 Å². The fraction of sp³-hybridized carbons (Fsp3) is 0.333. The molecule has 0 unspecified atom stereocenters. The maximum atomic E-state index is 5.99. The molecule has 5 nitrogen and oxygen atoms in total. The van der Waals surface area contributed by atoms with Gasteiger partial charge in [0.05, 0.1) is 6.54 Å². The van der Waals surface area contributed by atoms with E-state index in [0.29, 0.717) is 12.5 Å². The maximum absolute atomic E-state index is 5.99. The fourth-order valence-electron chi connectivity index (χ4n) is 2.79. The van der Waals surface area contributed by atoms with Crippen LogP contribution in [0.15, 0.2) is 41.5 Å². The fourth-order valence-corrected chi connectivity index (χ4v) is 2.79. The number of aliphatic imine (C=N–C) groups is 1. The van der Waals surface area contributed by atoms with Crippen molar-refractivity contribution in [3.8, 4) is 0 Å². The first kappa shape index (κ1) is 18.5. The Kier molecular flexibility index (Phi) is 6.42. The van der Waals surface area contributed by atoms with Crippen molar-refractivity contribution in [1.82, 2.24) is 4.98 Å². The lowest BCUT2D eigenvalue weighted by Crippen LogP contribution is -2.22. The number of guanidine groups is 1. The van der Waals surface area contributed by atoms with E-state index in [1.807, 2.05) is 37.3 Å². The molecular formula is C18H24IN5. The molecule has 0 spiro atoms. The van der Waals surface area contributed by atoms with E-state index >= 15 is 0 Å². The van der Waals surface area contributed by atoms with Crippen molar-refractivity contribution in [3.05, 3.63) is 53.2 Å². The molecule has 24 heavy (non-hydrogen) atoms. The maximum Gasteiger partial charge on any atom is 0.193 e. The Labute approximate surface area is 160 Å². The predicted molar refractivity (Wildman–Crippen MR) is 111 cm³/mol. The van der Waals surface area contributed by atoms with E-state index in [-0.39, 0.29) is 24.0 Å². The van der Waals surface area contributed by atoms with E-state index in [2.05, 4.69) is 33.5 Å². The van der Waals surface area contributed by atoms with Gasteiger partial charge in [-0.25, -0.2) is 9.98 Å². The third-order valence-electron chi connectivity index (χ3n) is 4.07. The van der Waals surface area contributed by atoms with Gasteiger partial charge in [-0.1, -0.05) is 12.1 Å². The zero-order chi connectivity index (χ0) is 16.2. The minimum absolute atomic E-state index is 0. The average molecular weight is 437 g/mol. The van der Waals surface area contributed by atoms with Crippen LogP contribution in [-0.2, 0) is 19.4 Å². The second-order valence-electron chi connectivity index (χ2n) is 6.08. The molecule has 1 aliphatic rings. The molecule has 0 amide bonds. The van der Waals surface area contributed by atoms with Gasteiger partial charge in [-0.2, -0.15) is 0 Å². The Morgan fingerprint density at radius 3 is 2.71 bits per heavy atom. The second kappa shape index (κ2) is 8.32. The number of anilines is 2. The molecule has 0 saturated heterocycles. The van der Waals surface area contributed by atoms with Gasteiger partial charge in [0.25, 0.3) is 0 Å². The van der Waals surface area contributed by atoms with Gasteiger partial charge in [-0.15, -0.1) is 24.0 Å². The van der Waals surface area contributed by atoms with Crippen LogP contribution in [-0.4, -0.2) is 25.0 Å². The average Bonchev–Trinajstić information content (AvgIpc) is 3.01. The van der Waals surface area contributed by atoms with E-state index in [4.69, 9.17) is 5.73 Å². The molecule has 6 heteroatoms. The van der Waals surface area contributed by atoms with E-state index in [9.17, 15) is 0 Å². The lowest BCUT2D eigenvalue weighted by Gasteiger charge is -2.11. The SMILES string of the molecule is CN(C)c1ccc(CN=C(N)Nc2ccc3c(c2)CCC3)cn1.I. The summed E-state index contributed by atoms with van der Waals surface area (Å²) < 4.78 is 0. The van der Waals surface area contributed by atoms with Crippen LogP contribution in [0.4, 0.5) is 11.5 Å². The van der Waals surface area contributed by atoms with Crippen LogP contribution >= 0.6 is 24.0 Å². The van der Waals surface area contributed by atoms with Crippen LogP contribution in [0.2, 0.25) is 0 Å². The number of aromatic nitrogens is 1. The number of nitrogens with two attached hydrogens (primary N) is 1. The van der Waals surface area contributed by atoms with E-state index in [0.717, 1.165) is 23.5 Å². The molecule has 0 bridgehead atoms. The van der Waals surface area contributed by atoms with Crippen molar-refractivity contribution in [2.45, 2.75) is 25.8 Å². The molecule has 0 aliphatic heterocycles. The van der Waals surface area contributed by atoms with E-state index < -0.39 is 0 Å². The number of hydrogen-bond donors (Lipinski definition) is 2. The van der Waals surface area contributed by atoms with Crippen LogP contribution in [0.5, 0.6) is 0 Å². The number of aryl methyl sites for hydroxylation is 2. The molecule has 1 aromatic heterocycles. The molecule has 0 fully saturated rings. The summed E-state index contributed by atoms with van der Waals surface area (Å²) in [5, 5.41) is 3.17. The van der Waals surface area contributed by atoms with Crippen LogP contribution in [0, 0.1) is 0 Å². The number of nitrogens with zero attached hydrogens (tertiary/aromatic N) is 3. The number of nitrogens with one attached hydrogen (secondary N) is 1. The van der Waals surface area contributed by atoms with Crippen LogP contribution in [0.1, 0.15) is 23.1 Å². The monoisotopic (exact) mass is 437 g/mol. The quantitative estimate of drug-likeness (QED) is 0.438. The molecule has 2 aromatic rings. The van der Waals surface area contributed by atoms with Crippen molar-refractivity contribution < 1.29 is 0 Å². The number of hydrogen-bond acceptors (Lipinski definition) is 3. The summed E-state index contributed by atoms with van der Waals surface area (Å²) in [6, 6.07) is 10.4. The first-order valence-corrected chi connectivity index (χ1v) is 7.93. The zero-order valence-electron chi connectivity index (χ0n) is 14.1. The Morgan fingerprint density at radius 2 is 2.00 bits per heavy atom. The highest BCUT2D eigenvalue weighted by Crippen LogP contribution is 2.24. The van der Waals surface area contributed by atoms with E-state index in [1.54, 1.807) is 0 Å².